The number of hydrogen-bond donors (Lipinski definition) is 0. The molecule has 2 heterocycles. The van der Waals surface area contributed by atoms with E-state index in [1.165, 1.54) is 16.3 Å². The van der Waals surface area contributed by atoms with Crippen LogP contribution in [0.4, 0.5) is 0 Å². The molecule has 0 amide bonds. The first-order valence-electron chi connectivity index (χ1n) is 9.49. The van der Waals surface area contributed by atoms with Gasteiger partial charge in [-0.15, -0.1) is 0 Å². The van der Waals surface area contributed by atoms with E-state index in [9.17, 15) is 3.83 Å². The fourth-order valence-electron chi connectivity index (χ4n) is 4.08. The Morgan fingerprint density at radius 3 is 2.43 bits per heavy atom. The Morgan fingerprint density at radius 2 is 1.61 bits per heavy atom. The van der Waals surface area contributed by atoms with Gasteiger partial charge in [-0.1, -0.05) is 0 Å². The predicted octanol–water partition coefficient (Wildman–Crippen LogP) is 4.72. The van der Waals surface area contributed by atoms with E-state index < -0.39 is 13.8 Å². The third-order valence-corrected chi connectivity index (χ3v) is 8.64. The van der Waals surface area contributed by atoms with Crippen LogP contribution in [0, 0.1) is 0 Å². The van der Waals surface area contributed by atoms with Crippen molar-refractivity contribution in [2.24, 2.45) is 0 Å². The number of hydrogen-bond acceptors (Lipinski definition) is 2. The third-order valence-electron chi connectivity index (χ3n) is 5.41. The first-order valence-corrected chi connectivity index (χ1v) is 11.9. The van der Waals surface area contributed by atoms with E-state index in [4.69, 9.17) is 4.98 Å². The third kappa shape index (κ3) is 2.58. The van der Waals surface area contributed by atoms with E-state index in [-0.39, 0.29) is 5.41 Å². The van der Waals surface area contributed by atoms with Crippen molar-refractivity contribution in [1.82, 2.24) is 4.98 Å². The molecule has 0 fully saturated rings. The first kappa shape index (κ1) is 17.5. The Hall–Kier alpha value is -2.61. The van der Waals surface area contributed by atoms with Crippen LogP contribution in [-0.4, -0.2) is 18.8 Å². The molecule has 0 bridgehead atoms. The number of pyridine rings is 1. The Morgan fingerprint density at radius 1 is 0.857 bits per heavy atom. The van der Waals surface area contributed by atoms with Gasteiger partial charge >= 0.3 is 169 Å². The minimum absolute atomic E-state index is 0.00365. The molecule has 3 aromatic carbocycles. The molecule has 0 spiro atoms. The summed E-state index contributed by atoms with van der Waals surface area (Å²) in [6.45, 7) is 6.71. The van der Waals surface area contributed by atoms with Crippen molar-refractivity contribution in [2.75, 3.05) is 0 Å². The zero-order valence-corrected chi connectivity index (χ0v) is 17.9. The van der Waals surface area contributed by atoms with E-state index in [1.807, 2.05) is 30.5 Å². The van der Waals surface area contributed by atoms with Gasteiger partial charge in [0.05, 0.1) is 0 Å². The van der Waals surface area contributed by atoms with Crippen molar-refractivity contribution >= 4 is 33.5 Å². The summed E-state index contributed by atoms with van der Waals surface area (Å²) >= 11 is -2.33. The van der Waals surface area contributed by atoms with Crippen molar-refractivity contribution < 1.29 is 3.83 Å². The van der Waals surface area contributed by atoms with Gasteiger partial charge < -0.3 is 0 Å². The van der Waals surface area contributed by atoms with Crippen LogP contribution in [0.15, 0.2) is 72.9 Å². The van der Waals surface area contributed by atoms with Crippen molar-refractivity contribution in [3.05, 3.63) is 78.5 Å². The average molecular weight is 430 g/mol. The van der Waals surface area contributed by atoms with E-state index >= 15 is 0 Å². The van der Waals surface area contributed by atoms with E-state index in [0.717, 1.165) is 31.3 Å². The molecular formula is C25H21NOSe. The molecule has 3 heteroatoms. The van der Waals surface area contributed by atoms with Gasteiger partial charge in [-0.25, -0.2) is 0 Å². The molecule has 5 rings (SSSR count). The van der Waals surface area contributed by atoms with Crippen LogP contribution in [0.1, 0.15) is 26.3 Å². The number of rotatable bonds is 1. The Balaban J connectivity index is 1.81. The Bertz CT molecular complexity index is 1270. The predicted molar refractivity (Wildman–Crippen MR) is 117 cm³/mol. The van der Waals surface area contributed by atoms with Crippen molar-refractivity contribution in [1.29, 1.82) is 0 Å². The molecular weight excluding hydrogens is 409 g/mol. The summed E-state index contributed by atoms with van der Waals surface area (Å²) in [5.41, 5.74) is 5.38. The molecule has 1 unspecified atom stereocenters. The van der Waals surface area contributed by atoms with Gasteiger partial charge in [0, 0.05) is 0 Å². The molecule has 4 aromatic rings. The molecule has 1 atom stereocenters. The van der Waals surface area contributed by atoms with E-state index in [1.54, 1.807) is 0 Å². The number of aromatic nitrogens is 1. The molecule has 28 heavy (non-hydrogen) atoms. The van der Waals surface area contributed by atoms with Gasteiger partial charge in [0.1, 0.15) is 0 Å². The molecule has 0 saturated carbocycles. The second-order valence-electron chi connectivity index (χ2n) is 8.30. The van der Waals surface area contributed by atoms with Crippen molar-refractivity contribution in [2.45, 2.75) is 26.2 Å². The minimum atomic E-state index is -2.33. The summed E-state index contributed by atoms with van der Waals surface area (Å²) < 4.78 is 15.3. The second kappa shape index (κ2) is 6.20. The standard InChI is InChI=1S/C25H21NOSe/c1-25(2,3)21-15-17(14-16-8-4-5-9-18(16)21)23-24-20(12-13-26-23)19-10-6-7-11-22(19)28(24)27/h4-15H,1-3H3. The Labute approximate surface area is 169 Å². The van der Waals surface area contributed by atoms with E-state index in [0.29, 0.717) is 0 Å². The topological polar surface area (TPSA) is 30.0 Å². The summed E-state index contributed by atoms with van der Waals surface area (Å²) in [4.78, 5) is 4.72. The summed E-state index contributed by atoms with van der Waals surface area (Å²) in [6, 6.07) is 23.0. The van der Waals surface area contributed by atoms with Gasteiger partial charge in [0.25, 0.3) is 0 Å². The molecule has 2 nitrogen and oxygen atoms in total. The van der Waals surface area contributed by atoms with Gasteiger partial charge in [0.2, 0.25) is 0 Å². The summed E-state index contributed by atoms with van der Waals surface area (Å²) in [5.74, 6) is 0. The summed E-state index contributed by atoms with van der Waals surface area (Å²) in [6.07, 6.45) is 1.85. The van der Waals surface area contributed by atoms with Crippen molar-refractivity contribution in [3.8, 4) is 22.4 Å². The molecule has 1 aliphatic heterocycles. The van der Waals surface area contributed by atoms with Crippen LogP contribution in [0.2, 0.25) is 0 Å². The van der Waals surface area contributed by atoms with Crippen LogP contribution in [0.3, 0.4) is 0 Å². The fourth-order valence-corrected chi connectivity index (χ4v) is 7.28. The molecule has 0 aliphatic carbocycles. The molecule has 1 aliphatic rings. The number of fused-ring (bicyclic) bond motifs is 4. The second-order valence-corrected chi connectivity index (χ2v) is 11.2. The van der Waals surface area contributed by atoms with Gasteiger partial charge in [-0.2, -0.15) is 0 Å². The molecule has 0 N–H and O–H groups in total. The van der Waals surface area contributed by atoms with Gasteiger partial charge in [-0.05, 0) is 0 Å². The monoisotopic (exact) mass is 431 g/mol. The van der Waals surface area contributed by atoms with Crippen LogP contribution in [0.25, 0.3) is 33.2 Å². The normalized spacial score (nSPS) is 15.5. The molecule has 138 valence electrons. The van der Waals surface area contributed by atoms with Gasteiger partial charge in [-0.3, -0.25) is 0 Å². The fraction of sp³-hybridized carbons (Fsp3) is 0.160. The van der Waals surface area contributed by atoms with Gasteiger partial charge in [0.15, 0.2) is 0 Å². The number of nitrogens with zero attached hydrogens (tertiary/aromatic N) is 1. The number of benzene rings is 3. The molecule has 1 aromatic heterocycles. The molecule has 0 saturated heterocycles. The first-order chi connectivity index (χ1) is 13.4. The maximum atomic E-state index is 13.4. The van der Waals surface area contributed by atoms with Crippen molar-refractivity contribution in [3.63, 3.8) is 0 Å². The summed E-state index contributed by atoms with van der Waals surface area (Å²) in [5, 5.41) is 2.46. The zero-order valence-electron chi connectivity index (χ0n) is 16.2. The molecule has 0 radical (unpaired) electrons. The van der Waals surface area contributed by atoms with Crippen LogP contribution >= 0.6 is 0 Å². The van der Waals surface area contributed by atoms with E-state index in [2.05, 4.69) is 63.2 Å². The SMILES string of the molecule is CC(C)(C)c1cc(-c2nccc3c2[Se](=O)c2ccccc2-3)cc2ccccc12. The average Bonchev–Trinajstić information content (AvgIpc) is 2.99. The quantitative estimate of drug-likeness (QED) is 0.361. The van der Waals surface area contributed by atoms with Crippen LogP contribution in [-0.2, 0) is 9.25 Å². The van der Waals surface area contributed by atoms with Crippen LogP contribution < -0.4 is 8.92 Å². The summed E-state index contributed by atoms with van der Waals surface area (Å²) in [7, 11) is 0. The van der Waals surface area contributed by atoms with Crippen LogP contribution in [0.5, 0.6) is 0 Å². The maximum absolute atomic E-state index is 13.4. The Kier molecular flexibility index (Phi) is 3.87. The zero-order chi connectivity index (χ0) is 19.5.